The third kappa shape index (κ3) is 3.83. The Morgan fingerprint density at radius 2 is 2.17 bits per heavy atom. The van der Waals surface area contributed by atoms with Gasteiger partial charge in [-0.1, -0.05) is 0 Å². The summed E-state index contributed by atoms with van der Waals surface area (Å²) in [4.78, 5) is 71.7. The Labute approximate surface area is 172 Å². The monoisotopic (exact) mass is 437 g/mol. The van der Waals surface area contributed by atoms with Crippen molar-refractivity contribution in [2.75, 3.05) is 12.4 Å². The minimum Gasteiger partial charge on any atom is -0.477 e. The molecule has 0 bridgehead atoms. The fourth-order valence-corrected chi connectivity index (χ4v) is 4.31. The van der Waals surface area contributed by atoms with E-state index in [1.54, 1.807) is 0 Å². The second-order valence-electron chi connectivity index (χ2n) is 6.28. The molecule has 2 N–H and O–H groups in total. The topological polar surface area (TPSA) is 173 Å². The van der Waals surface area contributed by atoms with Crippen LogP contribution < -0.4 is 5.32 Å². The van der Waals surface area contributed by atoms with Crippen LogP contribution in [0.2, 0.25) is 0 Å². The van der Waals surface area contributed by atoms with Gasteiger partial charge in [-0.2, -0.15) is 0 Å². The zero-order chi connectivity index (χ0) is 22.0. The lowest BCUT2D eigenvalue weighted by Gasteiger charge is -2.49. The molecule has 0 aliphatic carbocycles. The Bertz CT molecular complexity index is 956. The van der Waals surface area contributed by atoms with Gasteiger partial charge in [0.1, 0.15) is 23.7 Å². The predicted octanol–water partition coefficient (Wildman–Crippen LogP) is -0.101. The molecular weight excluding hydrogens is 422 g/mol. The van der Waals surface area contributed by atoms with Crippen molar-refractivity contribution in [3.8, 4) is 0 Å². The van der Waals surface area contributed by atoms with Crippen molar-refractivity contribution >= 4 is 41.3 Å². The summed E-state index contributed by atoms with van der Waals surface area (Å²) in [7, 11) is 0. The van der Waals surface area contributed by atoms with Crippen LogP contribution in [0.1, 0.15) is 17.5 Å². The van der Waals surface area contributed by atoms with Crippen LogP contribution in [-0.4, -0.2) is 69.4 Å². The Morgan fingerprint density at radius 3 is 2.73 bits per heavy atom. The summed E-state index contributed by atoms with van der Waals surface area (Å²) < 4.78 is 9.69. The predicted molar refractivity (Wildman–Crippen MR) is 98.9 cm³/mol. The van der Waals surface area contributed by atoms with E-state index in [1.165, 1.54) is 25.3 Å². The number of amides is 2. The van der Waals surface area contributed by atoms with Crippen LogP contribution in [0.5, 0.6) is 0 Å². The molecule has 30 heavy (non-hydrogen) atoms. The number of β-lactam (4-membered cyclic amide) rings is 1. The van der Waals surface area contributed by atoms with Crippen molar-refractivity contribution < 1.29 is 38.2 Å². The quantitative estimate of drug-likeness (QED) is 0.184. The molecule has 12 nitrogen and oxygen atoms in total. The van der Waals surface area contributed by atoms with E-state index in [4.69, 9.17) is 9.15 Å². The number of carboxylic acids is 1. The maximum atomic E-state index is 12.5. The number of ether oxygens (including phenoxy) is 1. The summed E-state index contributed by atoms with van der Waals surface area (Å²) >= 11 is 1.14. The molecule has 13 heteroatoms. The van der Waals surface area contributed by atoms with E-state index >= 15 is 0 Å². The van der Waals surface area contributed by atoms with E-state index < -0.39 is 47.0 Å². The fraction of sp³-hybridized carbons (Fsp3) is 0.353. The molecule has 0 spiro atoms. The number of Topliss-reactive ketones (excluding diaryl/α,β-unsaturated/α-hetero) is 1. The third-order valence-electron chi connectivity index (χ3n) is 4.36. The van der Waals surface area contributed by atoms with E-state index in [0.29, 0.717) is 0 Å². The van der Waals surface area contributed by atoms with Gasteiger partial charge in [-0.05, 0) is 17.3 Å². The van der Waals surface area contributed by atoms with Gasteiger partial charge < -0.3 is 19.6 Å². The number of aliphatic carboxylic acids is 1. The van der Waals surface area contributed by atoms with Crippen molar-refractivity contribution in [1.29, 1.82) is 0 Å². The summed E-state index contributed by atoms with van der Waals surface area (Å²) in [5.41, 5.74) is -0.0928. The van der Waals surface area contributed by atoms with E-state index in [9.17, 15) is 34.0 Å². The lowest BCUT2D eigenvalue weighted by Crippen LogP contribution is -2.71. The van der Waals surface area contributed by atoms with Crippen LogP contribution in [0.15, 0.2) is 39.3 Å². The number of carbonyl (C=O) groups is 5. The molecule has 3 heterocycles. The van der Waals surface area contributed by atoms with Crippen LogP contribution in [-0.2, 0) is 23.9 Å². The Hall–Kier alpha value is -3.48. The van der Waals surface area contributed by atoms with Crippen molar-refractivity contribution in [2.45, 2.75) is 24.4 Å². The molecule has 2 aliphatic rings. The largest absolute Gasteiger partial charge is 0.477 e. The molecule has 1 unspecified atom stereocenters. The SMILES string of the molecule is CC(=O)OCC1=C(C(=O)O)N2C(=O)[C@@H](NC(=O)C(N=O)C(=O)c3ccco3)[C@@H]2SC1. The Morgan fingerprint density at radius 1 is 1.43 bits per heavy atom. The summed E-state index contributed by atoms with van der Waals surface area (Å²) in [6, 6.07) is -0.455. The second-order valence-corrected chi connectivity index (χ2v) is 7.39. The molecule has 1 fully saturated rings. The Kier molecular flexibility index (Phi) is 6.01. The first-order chi connectivity index (χ1) is 14.3. The molecule has 3 rings (SSSR count). The number of nitrogens with zero attached hydrogens (tertiary/aromatic N) is 2. The first kappa shape index (κ1) is 21.2. The van der Waals surface area contributed by atoms with Gasteiger partial charge in [0.2, 0.25) is 11.8 Å². The first-order valence-corrected chi connectivity index (χ1v) is 9.55. The van der Waals surface area contributed by atoms with E-state index in [-0.39, 0.29) is 29.4 Å². The molecular formula is C17H15N3O9S. The number of hydrogen-bond donors (Lipinski definition) is 2. The van der Waals surface area contributed by atoms with E-state index in [0.717, 1.165) is 16.7 Å². The van der Waals surface area contributed by atoms with Crippen LogP contribution in [0.25, 0.3) is 0 Å². The number of hydrogen-bond acceptors (Lipinski definition) is 10. The molecule has 0 saturated carbocycles. The van der Waals surface area contributed by atoms with Crippen molar-refractivity contribution in [1.82, 2.24) is 10.2 Å². The number of furan rings is 1. The zero-order valence-electron chi connectivity index (χ0n) is 15.4. The standard InChI is InChI=1S/C17H15N3O9S/c1-7(21)29-5-8-6-30-16-11(15(24)20(16)12(8)17(25)26)18-14(23)10(19-27)13(22)9-3-2-4-28-9/h2-4,10-11,16H,5-6H2,1H3,(H,18,23)(H,25,26)/t10?,11-,16+/m1/s1. The van der Waals surface area contributed by atoms with Gasteiger partial charge in [-0.15, -0.1) is 16.7 Å². The van der Waals surface area contributed by atoms with Crippen molar-refractivity contribution in [3.63, 3.8) is 0 Å². The number of carbonyl (C=O) groups excluding carboxylic acids is 4. The van der Waals surface area contributed by atoms with Crippen molar-refractivity contribution in [2.24, 2.45) is 5.18 Å². The normalized spacial score (nSPS) is 21.2. The molecule has 2 aliphatic heterocycles. The number of ketones is 1. The highest BCUT2D eigenvalue weighted by molar-refractivity contribution is 8.00. The van der Waals surface area contributed by atoms with Crippen LogP contribution in [0.4, 0.5) is 0 Å². The summed E-state index contributed by atoms with van der Waals surface area (Å²) in [5.74, 6) is -4.91. The lowest BCUT2D eigenvalue weighted by molar-refractivity contribution is -0.151. The van der Waals surface area contributed by atoms with Gasteiger partial charge in [0.25, 0.3) is 11.8 Å². The van der Waals surface area contributed by atoms with Crippen LogP contribution in [0.3, 0.4) is 0 Å². The van der Waals surface area contributed by atoms with Crippen LogP contribution in [0, 0.1) is 4.91 Å². The van der Waals surface area contributed by atoms with E-state index in [2.05, 4.69) is 10.5 Å². The number of rotatable bonds is 8. The van der Waals surface area contributed by atoms with Crippen molar-refractivity contribution in [3.05, 3.63) is 40.3 Å². The minimum absolute atomic E-state index is 0.135. The first-order valence-electron chi connectivity index (χ1n) is 8.50. The van der Waals surface area contributed by atoms with Crippen LogP contribution >= 0.6 is 11.8 Å². The molecule has 1 saturated heterocycles. The second kappa shape index (κ2) is 8.49. The summed E-state index contributed by atoms with van der Waals surface area (Å²) in [5, 5.41) is 13.5. The van der Waals surface area contributed by atoms with Gasteiger partial charge in [0.05, 0.1) is 6.26 Å². The number of nitroso groups, excluding NO2 is 1. The summed E-state index contributed by atoms with van der Waals surface area (Å²) in [6.45, 7) is 0.883. The minimum atomic E-state index is -1.96. The van der Waals surface area contributed by atoms with Gasteiger partial charge >= 0.3 is 11.9 Å². The average molecular weight is 437 g/mol. The molecule has 0 aromatic carbocycles. The number of carboxylic acid groups (broad SMARTS) is 1. The Balaban J connectivity index is 1.73. The highest BCUT2D eigenvalue weighted by Crippen LogP contribution is 2.40. The fourth-order valence-electron chi connectivity index (χ4n) is 2.98. The third-order valence-corrected chi connectivity index (χ3v) is 5.70. The molecule has 158 valence electrons. The van der Waals surface area contributed by atoms with Gasteiger partial charge in [0, 0.05) is 18.2 Å². The molecule has 2 amide bonds. The molecule has 0 radical (unpaired) electrons. The van der Waals surface area contributed by atoms with Gasteiger partial charge in [-0.3, -0.25) is 24.1 Å². The lowest BCUT2D eigenvalue weighted by atomic mass is 10.0. The number of fused-ring (bicyclic) bond motifs is 1. The average Bonchev–Trinajstić information content (AvgIpc) is 3.24. The maximum Gasteiger partial charge on any atom is 0.352 e. The number of esters is 1. The van der Waals surface area contributed by atoms with Gasteiger partial charge in [0.15, 0.2) is 5.76 Å². The molecule has 1 aromatic rings. The van der Waals surface area contributed by atoms with E-state index in [1.807, 2.05) is 0 Å². The van der Waals surface area contributed by atoms with Gasteiger partial charge in [-0.25, -0.2) is 4.79 Å². The highest BCUT2D eigenvalue weighted by Gasteiger charge is 2.55. The smallest absolute Gasteiger partial charge is 0.352 e. The maximum absolute atomic E-state index is 12.5. The summed E-state index contributed by atoms with van der Waals surface area (Å²) in [6.07, 6.45) is 1.19. The molecule has 1 aromatic heterocycles. The zero-order valence-corrected chi connectivity index (χ0v) is 16.2. The molecule has 3 atom stereocenters. The highest BCUT2D eigenvalue weighted by atomic mass is 32.2. The number of thioether (sulfide) groups is 1. The number of nitrogens with one attached hydrogen (secondary N) is 1.